The molecule has 0 unspecified atom stereocenters. The molecule has 1 fully saturated rings. The molecule has 5 nitrogen and oxygen atoms in total. The monoisotopic (exact) mass is 444 g/mol. The van der Waals surface area contributed by atoms with Crippen LogP contribution in [0.5, 0.6) is 0 Å². The minimum absolute atomic E-state index is 0.0699. The van der Waals surface area contributed by atoms with E-state index in [2.05, 4.69) is 43.8 Å². The highest BCUT2D eigenvalue weighted by atomic mass is 32.1. The summed E-state index contributed by atoms with van der Waals surface area (Å²) in [5.41, 5.74) is 4.03. The van der Waals surface area contributed by atoms with E-state index < -0.39 is 0 Å². The largest absolute Gasteiger partial charge is 0.340 e. The van der Waals surface area contributed by atoms with Gasteiger partial charge in [-0.05, 0) is 92.9 Å². The van der Waals surface area contributed by atoms with Gasteiger partial charge in [0.25, 0.3) is 0 Å². The fraction of sp³-hybridized carbons (Fsp3) is 0.346. The third-order valence-electron chi connectivity index (χ3n) is 6.42. The summed E-state index contributed by atoms with van der Waals surface area (Å²) in [4.78, 5) is 25.4. The maximum atomic E-state index is 12.6. The molecule has 32 heavy (non-hydrogen) atoms. The lowest BCUT2D eigenvalue weighted by atomic mass is 9.95. The zero-order valence-corrected chi connectivity index (χ0v) is 19.0. The number of carbonyl (C=O) groups excluding carboxylic acids is 1. The van der Waals surface area contributed by atoms with Crippen LogP contribution in [0.3, 0.4) is 0 Å². The Morgan fingerprint density at radius 2 is 1.97 bits per heavy atom. The number of aryl methyl sites for hydroxylation is 1. The van der Waals surface area contributed by atoms with Crippen LogP contribution in [0.2, 0.25) is 0 Å². The van der Waals surface area contributed by atoms with E-state index >= 15 is 0 Å². The van der Waals surface area contributed by atoms with Crippen molar-refractivity contribution in [3.63, 3.8) is 0 Å². The third-order valence-corrected chi connectivity index (χ3v) is 7.28. The van der Waals surface area contributed by atoms with E-state index in [1.165, 1.54) is 10.4 Å². The summed E-state index contributed by atoms with van der Waals surface area (Å²) < 4.78 is 0. The van der Waals surface area contributed by atoms with Crippen molar-refractivity contribution >= 4 is 28.6 Å². The zero-order chi connectivity index (χ0) is 21.8. The second-order valence-corrected chi connectivity index (χ2v) is 9.65. The van der Waals surface area contributed by atoms with Gasteiger partial charge in [0.15, 0.2) is 5.78 Å². The summed E-state index contributed by atoms with van der Waals surface area (Å²) in [5, 5.41) is 5.53. The highest BCUT2D eigenvalue weighted by Gasteiger charge is 2.19. The van der Waals surface area contributed by atoms with Gasteiger partial charge in [-0.2, -0.15) is 0 Å². The lowest BCUT2D eigenvalue weighted by molar-refractivity contribution is 0.104. The first kappa shape index (κ1) is 21.0. The third kappa shape index (κ3) is 4.97. The number of fused-ring (bicyclic) bond motifs is 1. The van der Waals surface area contributed by atoms with Crippen molar-refractivity contribution < 1.29 is 4.79 Å². The van der Waals surface area contributed by atoms with Gasteiger partial charge in [0.05, 0.1) is 0 Å². The Morgan fingerprint density at radius 1 is 1.12 bits per heavy atom. The molecular formula is C26H28N4OS. The van der Waals surface area contributed by atoms with E-state index in [0.29, 0.717) is 5.92 Å². The molecule has 1 saturated heterocycles. The quantitative estimate of drug-likeness (QED) is 0.389. The van der Waals surface area contributed by atoms with E-state index in [4.69, 9.17) is 0 Å². The minimum Gasteiger partial charge on any atom is -0.340 e. The van der Waals surface area contributed by atoms with Crippen LogP contribution in [0, 0.1) is 5.92 Å². The summed E-state index contributed by atoms with van der Waals surface area (Å²) in [6, 6.07) is 12.0. The van der Waals surface area contributed by atoms with Gasteiger partial charge >= 0.3 is 0 Å². The highest BCUT2D eigenvalue weighted by molar-refractivity contribution is 7.09. The van der Waals surface area contributed by atoms with E-state index in [-0.39, 0.29) is 5.78 Å². The summed E-state index contributed by atoms with van der Waals surface area (Å²) in [6.07, 6.45) is 10.9. The average molecular weight is 445 g/mol. The smallest absolute Gasteiger partial charge is 0.185 e. The molecule has 2 aromatic heterocycles. The molecule has 5 rings (SSSR count). The number of anilines is 2. The predicted octanol–water partition coefficient (Wildman–Crippen LogP) is 5.42. The van der Waals surface area contributed by atoms with Crippen LogP contribution in [0.4, 0.5) is 11.5 Å². The number of ketones is 1. The van der Waals surface area contributed by atoms with Crippen molar-refractivity contribution in [2.75, 3.05) is 18.4 Å². The maximum absolute atomic E-state index is 12.6. The first-order valence-corrected chi connectivity index (χ1v) is 12.3. The van der Waals surface area contributed by atoms with Crippen molar-refractivity contribution in [3.05, 3.63) is 82.0 Å². The van der Waals surface area contributed by atoms with E-state index in [1.807, 2.05) is 35.6 Å². The Bertz CT molecular complexity index is 1080. The first-order valence-electron chi connectivity index (χ1n) is 11.4. The van der Waals surface area contributed by atoms with Gasteiger partial charge in [-0.25, -0.2) is 9.97 Å². The van der Waals surface area contributed by atoms with Gasteiger partial charge in [0.2, 0.25) is 0 Å². The average Bonchev–Trinajstić information content (AvgIpc) is 3.51. The van der Waals surface area contributed by atoms with Crippen molar-refractivity contribution in [1.82, 2.24) is 14.9 Å². The van der Waals surface area contributed by atoms with Gasteiger partial charge in [-0.1, -0.05) is 12.1 Å². The number of nitrogens with one attached hydrogen (secondary N) is 1. The Morgan fingerprint density at radius 3 is 2.75 bits per heavy atom. The van der Waals surface area contributed by atoms with Crippen molar-refractivity contribution in [3.8, 4) is 0 Å². The molecule has 0 radical (unpaired) electrons. The van der Waals surface area contributed by atoms with Gasteiger partial charge in [-0.15, -0.1) is 11.3 Å². The Balaban J connectivity index is 1.13. The van der Waals surface area contributed by atoms with Crippen LogP contribution in [0.15, 0.2) is 60.3 Å². The molecule has 1 aromatic carbocycles. The van der Waals surface area contributed by atoms with E-state index in [1.54, 1.807) is 12.4 Å². The molecule has 2 aliphatic rings. The molecule has 1 N–H and O–H groups in total. The molecule has 6 heteroatoms. The number of rotatable bonds is 7. The van der Waals surface area contributed by atoms with Crippen LogP contribution in [0.1, 0.15) is 45.8 Å². The van der Waals surface area contributed by atoms with Crippen LogP contribution in [-0.4, -0.2) is 33.7 Å². The fourth-order valence-corrected chi connectivity index (χ4v) is 5.31. The highest BCUT2D eigenvalue weighted by Crippen LogP contribution is 2.27. The lowest BCUT2D eigenvalue weighted by Gasteiger charge is -2.30. The molecule has 0 amide bonds. The summed E-state index contributed by atoms with van der Waals surface area (Å²) in [6.45, 7) is 3.23. The van der Waals surface area contributed by atoms with Crippen LogP contribution < -0.4 is 5.32 Å². The minimum atomic E-state index is 0.0699. The SMILES string of the molecule is O=C(C=CC1CCN(Cc2cccs2)CC1)c1ccc(Nc2ncnc3c2CCC3)cc1. The summed E-state index contributed by atoms with van der Waals surface area (Å²) >= 11 is 1.82. The number of aromatic nitrogens is 2. The normalized spacial score (nSPS) is 17.0. The number of carbonyl (C=O) groups is 1. The number of benzene rings is 1. The number of piperidine rings is 1. The van der Waals surface area contributed by atoms with Crippen LogP contribution in [0.25, 0.3) is 0 Å². The molecule has 0 spiro atoms. The molecule has 3 heterocycles. The molecule has 1 aliphatic carbocycles. The van der Waals surface area contributed by atoms with Crippen LogP contribution >= 0.6 is 11.3 Å². The molecule has 3 aromatic rings. The number of thiophene rings is 1. The number of allylic oxidation sites excluding steroid dienone is 2. The second-order valence-electron chi connectivity index (χ2n) is 8.62. The first-order chi connectivity index (χ1) is 15.7. The number of nitrogens with zero attached hydrogens (tertiary/aromatic N) is 3. The summed E-state index contributed by atoms with van der Waals surface area (Å²) in [5.74, 6) is 1.44. The molecule has 164 valence electrons. The molecule has 0 saturated carbocycles. The van der Waals surface area contributed by atoms with Crippen molar-refractivity contribution in [1.29, 1.82) is 0 Å². The standard InChI is InChI=1S/C26H28N4OS/c31-25(11-6-19-12-14-30(15-13-19)17-22-3-2-16-32-22)20-7-9-21(10-8-20)29-26-23-4-1-5-24(23)27-18-28-26/h2-3,6-11,16,18-19H,1,4-5,12-15,17H2,(H,27,28,29). The Kier molecular flexibility index (Phi) is 6.41. The topological polar surface area (TPSA) is 58.1 Å². The number of hydrogen-bond donors (Lipinski definition) is 1. The van der Waals surface area contributed by atoms with Gasteiger partial charge in [0.1, 0.15) is 12.1 Å². The van der Waals surface area contributed by atoms with Gasteiger partial charge < -0.3 is 5.32 Å². The van der Waals surface area contributed by atoms with E-state index in [0.717, 1.165) is 74.5 Å². The Hall–Kier alpha value is -2.83. The molecule has 1 aliphatic heterocycles. The Labute approximate surface area is 193 Å². The van der Waals surface area contributed by atoms with Crippen molar-refractivity contribution in [2.45, 2.75) is 38.6 Å². The van der Waals surface area contributed by atoms with Gasteiger partial charge in [-0.3, -0.25) is 9.69 Å². The molecule has 0 atom stereocenters. The molecule has 0 bridgehead atoms. The molecular weight excluding hydrogens is 416 g/mol. The maximum Gasteiger partial charge on any atom is 0.185 e. The van der Waals surface area contributed by atoms with Crippen molar-refractivity contribution in [2.24, 2.45) is 5.92 Å². The number of hydrogen-bond acceptors (Lipinski definition) is 6. The zero-order valence-electron chi connectivity index (χ0n) is 18.2. The number of likely N-dealkylation sites (tertiary alicyclic amines) is 1. The van der Waals surface area contributed by atoms with Gasteiger partial charge in [0, 0.05) is 33.9 Å². The second kappa shape index (κ2) is 9.76. The van der Waals surface area contributed by atoms with E-state index in [9.17, 15) is 4.79 Å². The fourth-order valence-electron chi connectivity index (χ4n) is 4.57. The lowest BCUT2D eigenvalue weighted by Crippen LogP contribution is -2.32. The van der Waals surface area contributed by atoms with Crippen LogP contribution in [-0.2, 0) is 19.4 Å². The predicted molar refractivity (Wildman–Crippen MR) is 130 cm³/mol. The summed E-state index contributed by atoms with van der Waals surface area (Å²) in [7, 11) is 0.